The van der Waals surface area contributed by atoms with E-state index in [9.17, 15) is 4.79 Å². The predicted molar refractivity (Wildman–Crippen MR) is 79.3 cm³/mol. The number of nitrogens with zero attached hydrogens (tertiary/aromatic N) is 3. The third-order valence-electron chi connectivity index (χ3n) is 3.56. The van der Waals surface area contributed by atoms with Gasteiger partial charge in [0, 0.05) is 51.3 Å². The van der Waals surface area contributed by atoms with Crippen molar-refractivity contribution >= 4 is 5.91 Å². The van der Waals surface area contributed by atoms with Crippen LogP contribution in [0, 0.1) is 0 Å². The topological polar surface area (TPSA) is 38.1 Å². The highest BCUT2D eigenvalue weighted by Crippen LogP contribution is 2.06. The van der Waals surface area contributed by atoms with E-state index in [1.165, 1.54) is 11.3 Å². The van der Waals surface area contributed by atoms with Crippen molar-refractivity contribution in [2.75, 3.05) is 13.6 Å². The molecule has 0 aromatic carbocycles. The van der Waals surface area contributed by atoms with Gasteiger partial charge in [0.15, 0.2) is 0 Å². The van der Waals surface area contributed by atoms with Crippen molar-refractivity contribution in [2.24, 2.45) is 7.05 Å². The van der Waals surface area contributed by atoms with Gasteiger partial charge in [-0.3, -0.25) is 9.78 Å². The molecule has 4 heteroatoms. The van der Waals surface area contributed by atoms with Crippen LogP contribution in [0.15, 0.2) is 42.9 Å². The molecule has 0 unspecified atom stereocenters. The molecule has 20 heavy (non-hydrogen) atoms. The first-order chi connectivity index (χ1) is 9.66. The molecule has 0 N–H and O–H groups in total. The fourth-order valence-corrected chi connectivity index (χ4v) is 2.15. The highest BCUT2D eigenvalue weighted by Gasteiger charge is 2.09. The van der Waals surface area contributed by atoms with Crippen molar-refractivity contribution in [1.82, 2.24) is 14.5 Å². The highest BCUT2D eigenvalue weighted by atomic mass is 16.2. The quantitative estimate of drug-likeness (QED) is 0.806. The number of rotatable bonds is 6. The summed E-state index contributed by atoms with van der Waals surface area (Å²) in [5.74, 6) is 0.195. The largest absolute Gasteiger partial charge is 0.354 e. The van der Waals surface area contributed by atoms with Crippen LogP contribution in [0.5, 0.6) is 0 Å². The van der Waals surface area contributed by atoms with Crippen LogP contribution < -0.4 is 0 Å². The van der Waals surface area contributed by atoms with Gasteiger partial charge in [-0.2, -0.15) is 0 Å². The first-order valence-corrected chi connectivity index (χ1v) is 6.90. The third kappa shape index (κ3) is 3.95. The van der Waals surface area contributed by atoms with Gasteiger partial charge in [0.05, 0.1) is 0 Å². The van der Waals surface area contributed by atoms with E-state index >= 15 is 0 Å². The van der Waals surface area contributed by atoms with Crippen LogP contribution in [0.2, 0.25) is 0 Å². The summed E-state index contributed by atoms with van der Waals surface area (Å²) in [6, 6.07) is 8.04. The molecule has 0 saturated heterocycles. The molecule has 2 heterocycles. The molecular weight excluding hydrogens is 250 g/mol. The van der Waals surface area contributed by atoms with Gasteiger partial charge in [0.25, 0.3) is 0 Å². The van der Waals surface area contributed by atoms with Gasteiger partial charge in [0.2, 0.25) is 5.91 Å². The standard InChI is InChI=1S/C16H21N3O/c1-18-12-3-4-15(18)5-6-16(20)19(2)13-9-14-7-10-17-11-8-14/h3-4,7-8,10-12H,5-6,9,13H2,1-2H3. The molecule has 0 aliphatic heterocycles. The van der Waals surface area contributed by atoms with Crippen molar-refractivity contribution in [3.05, 3.63) is 54.1 Å². The highest BCUT2D eigenvalue weighted by molar-refractivity contribution is 5.76. The Morgan fingerprint density at radius 3 is 2.65 bits per heavy atom. The zero-order valence-corrected chi connectivity index (χ0v) is 12.1. The average molecular weight is 271 g/mol. The number of aryl methyl sites for hydroxylation is 2. The molecule has 0 bridgehead atoms. The van der Waals surface area contributed by atoms with Crippen LogP contribution >= 0.6 is 0 Å². The lowest BCUT2D eigenvalue weighted by Gasteiger charge is -2.17. The van der Waals surface area contributed by atoms with E-state index in [0.717, 1.165) is 19.4 Å². The summed E-state index contributed by atoms with van der Waals surface area (Å²) in [7, 11) is 3.88. The molecule has 2 rings (SSSR count). The van der Waals surface area contributed by atoms with Crippen LogP contribution in [0.3, 0.4) is 0 Å². The molecule has 0 saturated carbocycles. The Morgan fingerprint density at radius 1 is 1.25 bits per heavy atom. The maximum atomic E-state index is 12.1. The number of carbonyl (C=O) groups is 1. The maximum absolute atomic E-state index is 12.1. The van der Waals surface area contributed by atoms with Gasteiger partial charge in [-0.1, -0.05) is 0 Å². The summed E-state index contributed by atoms with van der Waals surface area (Å²) >= 11 is 0. The van der Waals surface area contributed by atoms with Crippen LogP contribution in [0.4, 0.5) is 0 Å². The molecular formula is C16H21N3O. The average Bonchev–Trinajstić information content (AvgIpc) is 2.88. The Hall–Kier alpha value is -2.10. The summed E-state index contributed by atoms with van der Waals surface area (Å²) < 4.78 is 2.06. The summed E-state index contributed by atoms with van der Waals surface area (Å²) in [5, 5.41) is 0. The molecule has 4 nitrogen and oxygen atoms in total. The van der Waals surface area contributed by atoms with Crippen molar-refractivity contribution < 1.29 is 4.79 Å². The molecule has 2 aromatic heterocycles. The Kier molecular flexibility index (Phi) is 4.93. The Morgan fingerprint density at radius 2 is 2.00 bits per heavy atom. The normalized spacial score (nSPS) is 10.5. The Labute approximate surface area is 120 Å². The van der Waals surface area contributed by atoms with Gasteiger partial charge < -0.3 is 9.47 Å². The zero-order chi connectivity index (χ0) is 14.4. The van der Waals surface area contributed by atoms with Crippen molar-refractivity contribution in [2.45, 2.75) is 19.3 Å². The smallest absolute Gasteiger partial charge is 0.222 e. The van der Waals surface area contributed by atoms with E-state index in [-0.39, 0.29) is 5.91 Å². The number of hydrogen-bond acceptors (Lipinski definition) is 2. The summed E-state index contributed by atoms with van der Waals surface area (Å²) in [4.78, 5) is 17.9. The monoisotopic (exact) mass is 271 g/mol. The minimum atomic E-state index is 0.195. The Balaban J connectivity index is 1.76. The lowest BCUT2D eigenvalue weighted by Crippen LogP contribution is -2.29. The van der Waals surface area contributed by atoms with Gasteiger partial charge in [-0.15, -0.1) is 0 Å². The number of amides is 1. The molecule has 2 aromatic rings. The fraction of sp³-hybridized carbons (Fsp3) is 0.375. The van der Waals surface area contributed by atoms with Crippen LogP contribution in [-0.2, 0) is 24.7 Å². The number of hydrogen-bond donors (Lipinski definition) is 0. The first kappa shape index (κ1) is 14.3. The molecule has 106 valence electrons. The van der Waals surface area contributed by atoms with Crippen molar-refractivity contribution in [1.29, 1.82) is 0 Å². The van der Waals surface area contributed by atoms with E-state index in [0.29, 0.717) is 6.42 Å². The second-order valence-electron chi connectivity index (χ2n) is 5.03. The number of pyridine rings is 1. The summed E-state index contributed by atoms with van der Waals surface area (Å²) in [5.41, 5.74) is 2.41. The number of carbonyl (C=O) groups excluding carboxylic acids is 1. The minimum absolute atomic E-state index is 0.195. The molecule has 0 aliphatic rings. The molecule has 0 spiro atoms. The molecule has 1 amide bonds. The lowest BCUT2D eigenvalue weighted by molar-refractivity contribution is -0.129. The molecule has 0 radical (unpaired) electrons. The van der Waals surface area contributed by atoms with Crippen LogP contribution in [-0.4, -0.2) is 34.0 Å². The number of aromatic nitrogens is 2. The third-order valence-corrected chi connectivity index (χ3v) is 3.56. The van der Waals surface area contributed by atoms with E-state index in [2.05, 4.69) is 15.6 Å². The fourth-order valence-electron chi connectivity index (χ4n) is 2.15. The van der Waals surface area contributed by atoms with E-state index < -0.39 is 0 Å². The molecule has 0 atom stereocenters. The van der Waals surface area contributed by atoms with Gasteiger partial charge in [-0.25, -0.2) is 0 Å². The van der Waals surface area contributed by atoms with Gasteiger partial charge in [0.1, 0.15) is 0 Å². The van der Waals surface area contributed by atoms with Crippen molar-refractivity contribution in [3.8, 4) is 0 Å². The van der Waals surface area contributed by atoms with E-state index in [4.69, 9.17) is 0 Å². The predicted octanol–water partition coefficient (Wildman–Crippen LogP) is 2.05. The van der Waals surface area contributed by atoms with Crippen molar-refractivity contribution in [3.63, 3.8) is 0 Å². The van der Waals surface area contributed by atoms with Gasteiger partial charge >= 0.3 is 0 Å². The zero-order valence-electron chi connectivity index (χ0n) is 12.1. The van der Waals surface area contributed by atoms with Crippen LogP contribution in [0.1, 0.15) is 17.7 Å². The van der Waals surface area contributed by atoms with Crippen LogP contribution in [0.25, 0.3) is 0 Å². The second-order valence-corrected chi connectivity index (χ2v) is 5.03. The second kappa shape index (κ2) is 6.89. The van der Waals surface area contributed by atoms with Gasteiger partial charge in [-0.05, 0) is 42.7 Å². The summed E-state index contributed by atoms with van der Waals surface area (Å²) in [6.07, 6.45) is 7.80. The Bertz CT molecular complexity index is 548. The molecule has 0 aliphatic carbocycles. The molecule has 0 fully saturated rings. The van der Waals surface area contributed by atoms with E-state index in [1.54, 1.807) is 12.4 Å². The maximum Gasteiger partial charge on any atom is 0.222 e. The lowest BCUT2D eigenvalue weighted by atomic mass is 10.2. The SMILES string of the molecule is CN(CCc1ccncc1)C(=O)CCc1cccn1C. The first-order valence-electron chi connectivity index (χ1n) is 6.90. The van der Waals surface area contributed by atoms with E-state index in [1.807, 2.05) is 43.4 Å². The minimum Gasteiger partial charge on any atom is -0.354 e. The summed E-state index contributed by atoms with van der Waals surface area (Å²) in [6.45, 7) is 0.746. The number of likely N-dealkylation sites (N-methyl/N-ethyl adjacent to an activating group) is 1.